The highest BCUT2D eigenvalue weighted by Crippen LogP contribution is 2.18. The number of hydrogen-bond acceptors (Lipinski definition) is 2. The van der Waals surface area contributed by atoms with Gasteiger partial charge in [-0.1, -0.05) is 52.3 Å². The molecule has 0 bridgehead atoms. The maximum absolute atomic E-state index is 5.69. The Bertz CT molecular complexity index is 272. The molecular formula is C16H31NO. The van der Waals surface area contributed by atoms with Gasteiger partial charge in [-0.25, -0.2) is 0 Å². The van der Waals surface area contributed by atoms with Gasteiger partial charge in [-0.15, -0.1) is 0 Å². The van der Waals surface area contributed by atoms with Crippen LogP contribution in [0.1, 0.15) is 53.0 Å². The first-order chi connectivity index (χ1) is 8.65. The summed E-state index contributed by atoms with van der Waals surface area (Å²) < 4.78 is 5.24. The molecular weight excluding hydrogens is 222 g/mol. The fraction of sp³-hybridized carbons (Fsp3) is 0.625. The molecule has 0 aromatic heterocycles. The normalized spacial score (nSPS) is 10.4. The summed E-state index contributed by atoms with van der Waals surface area (Å²) in [4.78, 5) is 0. The second-order valence-electron chi connectivity index (χ2n) is 4.03. The van der Waals surface area contributed by atoms with Crippen molar-refractivity contribution in [3.05, 3.63) is 29.8 Å². The second kappa shape index (κ2) is 14.0. The minimum absolute atomic E-state index is 0.255. The number of methoxy groups -OCH3 is 1. The Labute approximate surface area is 114 Å². The molecule has 2 N–H and O–H groups in total. The van der Waals surface area contributed by atoms with Crippen molar-refractivity contribution >= 4 is 0 Å². The summed E-state index contributed by atoms with van der Waals surface area (Å²) in [6.45, 7) is 10.3. The number of hydrogen-bond donors (Lipinski definition) is 1. The molecule has 0 aliphatic heterocycles. The van der Waals surface area contributed by atoms with Crippen molar-refractivity contribution in [3.8, 4) is 5.75 Å². The van der Waals surface area contributed by atoms with Gasteiger partial charge < -0.3 is 10.5 Å². The molecule has 1 aromatic rings. The maximum Gasteiger partial charge on any atom is 0.122 e. The summed E-state index contributed by atoms with van der Waals surface area (Å²) in [5, 5.41) is 0. The molecule has 0 saturated heterocycles. The maximum atomic E-state index is 5.69. The van der Waals surface area contributed by atoms with E-state index in [1.54, 1.807) is 7.11 Å². The SMILES string of the molecule is CC.CCC.COc1ccccc1CCC(C)N. The van der Waals surface area contributed by atoms with Gasteiger partial charge in [0.2, 0.25) is 0 Å². The third-order valence-corrected chi connectivity index (χ3v) is 2.06. The van der Waals surface area contributed by atoms with Crippen LogP contribution in [0.25, 0.3) is 0 Å². The summed E-state index contributed by atoms with van der Waals surface area (Å²) >= 11 is 0. The molecule has 0 aliphatic carbocycles. The molecule has 0 fully saturated rings. The number of para-hydroxylation sites is 1. The Morgan fingerprint density at radius 3 is 2.11 bits per heavy atom. The number of rotatable bonds is 4. The highest BCUT2D eigenvalue weighted by atomic mass is 16.5. The van der Waals surface area contributed by atoms with E-state index in [9.17, 15) is 0 Å². The summed E-state index contributed by atoms with van der Waals surface area (Å²) in [7, 11) is 1.70. The Hall–Kier alpha value is -1.02. The van der Waals surface area contributed by atoms with Crippen LogP contribution in [-0.4, -0.2) is 13.2 Å². The summed E-state index contributed by atoms with van der Waals surface area (Å²) in [6, 6.07) is 8.33. The van der Waals surface area contributed by atoms with Crippen molar-refractivity contribution in [3.63, 3.8) is 0 Å². The van der Waals surface area contributed by atoms with Crippen molar-refractivity contribution in [2.24, 2.45) is 5.73 Å². The lowest BCUT2D eigenvalue weighted by molar-refractivity contribution is 0.408. The third-order valence-electron chi connectivity index (χ3n) is 2.06. The quantitative estimate of drug-likeness (QED) is 0.862. The van der Waals surface area contributed by atoms with E-state index >= 15 is 0 Å². The standard InChI is InChI=1S/C11H17NO.C3H8.C2H6/c1-9(12)7-8-10-5-3-4-6-11(10)13-2;1-3-2;1-2/h3-6,9H,7-8,12H2,1-2H3;3H2,1-2H3;1-2H3. The molecule has 0 radical (unpaired) electrons. The fourth-order valence-electron chi connectivity index (χ4n) is 1.29. The molecule has 1 aromatic carbocycles. The number of nitrogens with two attached hydrogens (primary N) is 1. The molecule has 1 atom stereocenters. The van der Waals surface area contributed by atoms with Crippen LogP contribution in [0.3, 0.4) is 0 Å². The number of benzene rings is 1. The van der Waals surface area contributed by atoms with Crippen LogP contribution in [0.4, 0.5) is 0 Å². The van der Waals surface area contributed by atoms with Crippen molar-refractivity contribution < 1.29 is 4.74 Å². The van der Waals surface area contributed by atoms with Gasteiger partial charge in [-0.3, -0.25) is 0 Å². The van der Waals surface area contributed by atoms with E-state index in [1.807, 2.05) is 39.0 Å². The molecule has 2 nitrogen and oxygen atoms in total. The van der Waals surface area contributed by atoms with E-state index in [0.717, 1.165) is 18.6 Å². The molecule has 2 heteroatoms. The van der Waals surface area contributed by atoms with Gasteiger partial charge in [-0.2, -0.15) is 0 Å². The number of aryl methyl sites for hydroxylation is 1. The van der Waals surface area contributed by atoms with Gasteiger partial charge in [0, 0.05) is 6.04 Å². The van der Waals surface area contributed by atoms with Crippen molar-refractivity contribution in [2.75, 3.05) is 7.11 Å². The molecule has 0 amide bonds. The zero-order valence-electron chi connectivity index (χ0n) is 13.0. The minimum atomic E-state index is 0.255. The second-order valence-corrected chi connectivity index (χ2v) is 4.03. The molecule has 0 spiro atoms. The van der Waals surface area contributed by atoms with E-state index in [1.165, 1.54) is 12.0 Å². The molecule has 0 aliphatic rings. The van der Waals surface area contributed by atoms with Crippen molar-refractivity contribution in [2.45, 2.75) is 59.9 Å². The fourth-order valence-corrected chi connectivity index (χ4v) is 1.29. The largest absolute Gasteiger partial charge is 0.496 e. The Morgan fingerprint density at radius 1 is 1.17 bits per heavy atom. The Morgan fingerprint density at radius 2 is 1.67 bits per heavy atom. The van der Waals surface area contributed by atoms with Gasteiger partial charge in [-0.05, 0) is 31.4 Å². The van der Waals surface area contributed by atoms with Crippen molar-refractivity contribution in [1.82, 2.24) is 0 Å². The average molecular weight is 253 g/mol. The summed E-state index contributed by atoms with van der Waals surface area (Å²) in [5.41, 5.74) is 6.93. The van der Waals surface area contributed by atoms with Crippen molar-refractivity contribution in [1.29, 1.82) is 0 Å². The predicted octanol–water partition coefficient (Wildman–Crippen LogP) is 4.42. The van der Waals surface area contributed by atoms with Crippen LogP contribution < -0.4 is 10.5 Å². The molecule has 1 rings (SSSR count). The molecule has 1 unspecified atom stereocenters. The lowest BCUT2D eigenvalue weighted by Gasteiger charge is -2.09. The average Bonchev–Trinajstić information content (AvgIpc) is 2.40. The smallest absolute Gasteiger partial charge is 0.122 e. The summed E-state index contributed by atoms with van der Waals surface area (Å²) in [5.74, 6) is 0.961. The third kappa shape index (κ3) is 10.2. The zero-order valence-corrected chi connectivity index (χ0v) is 13.0. The van der Waals surface area contributed by atoms with Gasteiger partial charge in [0.05, 0.1) is 7.11 Å². The van der Waals surface area contributed by atoms with Crippen LogP contribution in [0.15, 0.2) is 24.3 Å². The van der Waals surface area contributed by atoms with Gasteiger partial charge >= 0.3 is 0 Å². The first-order valence-corrected chi connectivity index (χ1v) is 7.03. The molecule has 0 heterocycles. The topological polar surface area (TPSA) is 35.2 Å². The first-order valence-electron chi connectivity index (χ1n) is 7.03. The van der Waals surface area contributed by atoms with E-state index < -0.39 is 0 Å². The van der Waals surface area contributed by atoms with E-state index in [2.05, 4.69) is 19.9 Å². The van der Waals surface area contributed by atoms with Crippen LogP contribution in [-0.2, 0) is 6.42 Å². The molecule has 18 heavy (non-hydrogen) atoms. The minimum Gasteiger partial charge on any atom is -0.496 e. The lowest BCUT2D eigenvalue weighted by atomic mass is 10.1. The van der Waals surface area contributed by atoms with Crippen LogP contribution in [0.2, 0.25) is 0 Å². The van der Waals surface area contributed by atoms with Crippen LogP contribution in [0, 0.1) is 0 Å². The first kappa shape index (κ1) is 19.3. The molecule has 106 valence electrons. The molecule has 0 saturated carbocycles. The zero-order chi connectivity index (χ0) is 14.4. The van der Waals surface area contributed by atoms with Gasteiger partial charge in [0.1, 0.15) is 5.75 Å². The van der Waals surface area contributed by atoms with E-state index in [0.29, 0.717) is 0 Å². The predicted molar refractivity (Wildman–Crippen MR) is 82.3 cm³/mol. The van der Waals surface area contributed by atoms with E-state index in [-0.39, 0.29) is 6.04 Å². The van der Waals surface area contributed by atoms with E-state index in [4.69, 9.17) is 10.5 Å². The van der Waals surface area contributed by atoms with Crippen LogP contribution in [0.5, 0.6) is 5.75 Å². The van der Waals surface area contributed by atoms with Crippen LogP contribution >= 0.6 is 0 Å². The highest BCUT2D eigenvalue weighted by Gasteiger charge is 2.02. The van der Waals surface area contributed by atoms with Gasteiger partial charge in [0.15, 0.2) is 0 Å². The lowest BCUT2D eigenvalue weighted by Crippen LogP contribution is -2.15. The highest BCUT2D eigenvalue weighted by molar-refractivity contribution is 5.33. The monoisotopic (exact) mass is 253 g/mol. The Kier molecular flexibility index (Phi) is 15.1. The Balaban J connectivity index is 0. The van der Waals surface area contributed by atoms with Gasteiger partial charge in [0.25, 0.3) is 0 Å². The summed E-state index contributed by atoms with van der Waals surface area (Å²) in [6.07, 6.45) is 3.24. The number of ether oxygens (including phenoxy) is 1.